The molecule has 0 spiro atoms. The molecule has 2 atom stereocenters. The summed E-state index contributed by atoms with van der Waals surface area (Å²) >= 11 is 0. The van der Waals surface area contributed by atoms with Gasteiger partial charge in [0.1, 0.15) is 5.78 Å². The summed E-state index contributed by atoms with van der Waals surface area (Å²) < 4.78 is 0. The Morgan fingerprint density at radius 3 is 2.35 bits per heavy atom. The van der Waals surface area contributed by atoms with Gasteiger partial charge in [-0.25, -0.2) is 0 Å². The number of aryl methyl sites for hydroxylation is 1. The van der Waals surface area contributed by atoms with E-state index in [9.17, 15) is 4.79 Å². The first-order valence-electron chi connectivity index (χ1n) is 6.86. The van der Waals surface area contributed by atoms with E-state index in [1.165, 1.54) is 17.5 Å². The van der Waals surface area contributed by atoms with Crippen molar-refractivity contribution in [3.8, 4) is 0 Å². The molecular formula is C16H22O. The molecule has 1 saturated carbocycles. The summed E-state index contributed by atoms with van der Waals surface area (Å²) in [5, 5.41) is 0. The lowest BCUT2D eigenvalue weighted by molar-refractivity contribution is -0.123. The van der Waals surface area contributed by atoms with Gasteiger partial charge in [0.25, 0.3) is 0 Å². The average Bonchev–Trinajstić information content (AvgIpc) is 2.39. The lowest BCUT2D eigenvalue weighted by Crippen LogP contribution is -2.23. The van der Waals surface area contributed by atoms with E-state index in [4.69, 9.17) is 0 Å². The van der Waals surface area contributed by atoms with Crippen LogP contribution in [0.3, 0.4) is 0 Å². The van der Waals surface area contributed by atoms with Gasteiger partial charge in [0.15, 0.2) is 0 Å². The Hall–Kier alpha value is -1.11. The van der Waals surface area contributed by atoms with Crippen molar-refractivity contribution in [1.29, 1.82) is 0 Å². The molecule has 17 heavy (non-hydrogen) atoms. The molecule has 1 aromatic rings. The fourth-order valence-electron chi connectivity index (χ4n) is 2.78. The number of carbonyl (C=O) groups is 1. The fourth-order valence-corrected chi connectivity index (χ4v) is 2.78. The van der Waals surface area contributed by atoms with E-state index in [1.807, 2.05) is 0 Å². The van der Waals surface area contributed by atoms with E-state index < -0.39 is 0 Å². The van der Waals surface area contributed by atoms with Crippen molar-refractivity contribution in [1.82, 2.24) is 0 Å². The van der Waals surface area contributed by atoms with Gasteiger partial charge in [-0.3, -0.25) is 4.79 Å². The molecule has 1 aliphatic carbocycles. The lowest BCUT2D eigenvalue weighted by atomic mass is 9.77. The van der Waals surface area contributed by atoms with Crippen molar-refractivity contribution in [2.75, 3.05) is 0 Å². The molecule has 0 radical (unpaired) electrons. The fraction of sp³-hybridized carbons (Fsp3) is 0.562. The molecule has 0 heterocycles. The number of carbonyl (C=O) groups excluding carboxylic acids is 1. The van der Waals surface area contributed by atoms with Gasteiger partial charge < -0.3 is 0 Å². The van der Waals surface area contributed by atoms with Gasteiger partial charge >= 0.3 is 0 Å². The summed E-state index contributed by atoms with van der Waals surface area (Å²) in [6.07, 6.45) is 5.26. The van der Waals surface area contributed by atoms with Crippen LogP contribution in [-0.4, -0.2) is 5.78 Å². The van der Waals surface area contributed by atoms with Crippen molar-refractivity contribution < 1.29 is 4.79 Å². The number of ketones is 1. The highest BCUT2D eigenvalue weighted by atomic mass is 16.1. The summed E-state index contributed by atoms with van der Waals surface area (Å²) in [5.74, 6) is 1.25. The third-order valence-corrected chi connectivity index (χ3v) is 4.11. The molecule has 1 nitrogen and oxygen atoms in total. The van der Waals surface area contributed by atoms with Crippen LogP contribution in [0.5, 0.6) is 0 Å². The minimum absolute atomic E-state index is 0.170. The van der Waals surface area contributed by atoms with Crippen molar-refractivity contribution in [3.63, 3.8) is 0 Å². The molecule has 0 aromatic heterocycles. The van der Waals surface area contributed by atoms with Gasteiger partial charge in [0.2, 0.25) is 0 Å². The topological polar surface area (TPSA) is 17.1 Å². The first-order chi connectivity index (χ1) is 8.24. The number of rotatable bonds is 3. The Morgan fingerprint density at radius 2 is 1.82 bits per heavy atom. The zero-order valence-corrected chi connectivity index (χ0v) is 10.9. The SMILES string of the molecule is CCc1ccc([C@H]2CC[C@H](CC)CC2=O)cc1. The highest BCUT2D eigenvalue weighted by Gasteiger charge is 2.28. The molecule has 1 fully saturated rings. The third-order valence-electron chi connectivity index (χ3n) is 4.11. The molecule has 1 aliphatic rings. The minimum Gasteiger partial charge on any atom is -0.299 e. The van der Waals surface area contributed by atoms with Gasteiger partial charge in [0, 0.05) is 12.3 Å². The van der Waals surface area contributed by atoms with Crippen LogP contribution in [0.25, 0.3) is 0 Å². The predicted molar refractivity (Wildman–Crippen MR) is 71.2 cm³/mol. The van der Waals surface area contributed by atoms with Crippen LogP contribution in [0.4, 0.5) is 0 Å². The molecule has 0 unspecified atom stereocenters. The zero-order chi connectivity index (χ0) is 12.3. The molecule has 1 heteroatoms. The van der Waals surface area contributed by atoms with E-state index in [1.54, 1.807) is 0 Å². The molecule has 0 N–H and O–H groups in total. The molecule has 2 rings (SSSR count). The standard InChI is InChI=1S/C16H22O/c1-3-12-5-8-14(9-6-12)15-10-7-13(4-2)11-16(15)17/h5-6,8-9,13,15H,3-4,7,10-11H2,1-2H3/t13-,15+/m0/s1. The molecule has 0 bridgehead atoms. The van der Waals surface area contributed by atoms with Crippen molar-refractivity contribution in [3.05, 3.63) is 35.4 Å². The van der Waals surface area contributed by atoms with Gasteiger partial charge in [-0.05, 0) is 36.3 Å². The van der Waals surface area contributed by atoms with Crippen LogP contribution in [0.15, 0.2) is 24.3 Å². The molecular weight excluding hydrogens is 208 g/mol. The first kappa shape index (κ1) is 12.3. The summed E-state index contributed by atoms with van der Waals surface area (Å²) in [4.78, 5) is 12.1. The van der Waals surface area contributed by atoms with Gasteiger partial charge in [-0.15, -0.1) is 0 Å². The van der Waals surface area contributed by atoms with Gasteiger partial charge in [0.05, 0.1) is 0 Å². The van der Waals surface area contributed by atoms with Crippen LogP contribution in [0.2, 0.25) is 0 Å². The quantitative estimate of drug-likeness (QED) is 0.763. The minimum atomic E-state index is 0.170. The number of hydrogen-bond acceptors (Lipinski definition) is 1. The second-order valence-corrected chi connectivity index (χ2v) is 5.17. The highest BCUT2D eigenvalue weighted by molar-refractivity contribution is 5.86. The van der Waals surface area contributed by atoms with E-state index in [-0.39, 0.29) is 5.92 Å². The highest BCUT2D eigenvalue weighted by Crippen LogP contribution is 2.34. The Labute approximate surface area is 104 Å². The Bertz CT molecular complexity index is 377. The monoisotopic (exact) mass is 230 g/mol. The Balaban J connectivity index is 2.09. The zero-order valence-electron chi connectivity index (χ0n) is 10.9. The molecule has 0 saturated heterocycles. The predicted octanol–water partition coefficient (Wildman–Crippen LogP) is 4.11. The number of hydrogen-bond donors (Lipinski definition) is 0. The second kappa shape index (κ2) is 5.48. The average molecular weight is 230 g/mol. The molecule has 92 valence electrons. The smallest absolute Gasteiger partial charge is 0.140 e. The summed E-state index contributed by atoms with van der Waals surface area (Å²) in [5.41, 5.74) is 2.57. The maximum absolute atomic E-state index is 12.1. The van der Waals surface area contributed by atoms with Crippen molar-refractivity contribution >= 4 is 5.78 Å². The third kappa shape index (κ3) is 2.77. The Kier molecular flexibility index (Phi) is 3.98. The second-order valence-electron chi connectivity index (χ2n) is 5.17. The molecule has 0 amide bonds. The summed E-state index contributed by atoms with van der Waals surface area (Å²) in [6, 6.07) is 8.62. The van der Waals surface area contributed by atoms with E-state index in [2.05, 4.69) is 38.1 Å². The van der Waals surface area contributed by atoms with E-state index in [0.29, 0.717) is 11.7 Å². The number of Topliss-reactive ketones (excluding diaryl/α,β-unsaturated/α-hetero) is 1. The van der Waals surface area contributed by atoms with E-state index in [0.717, 1.165) is 25.7 Å². The van der Waals surface area contributed by atoms with E-state index >= 15 is 0 Å². The van der Waals surface area contributed by atoms with Crippen molar-refractivity contribution in [2.45, 2.75) is 51.9 Å². The van der Waals surface area contributed by atoms with Crippen LogP contribution < -0.4 is 0 Å². The van der Waals surface area contributed by atoms with Gasteiger partial charge in [-0.2, -0.15) is 0 Å². The maximum Gasteiger partial charge on any atom is 0.140 e. The van der Waals surface area contributed by atoms with Gasteiger partial charge in [-0.1, -0.05) is 44.5 Å². The first-order valence-corrected chi connectivity index (χ1v) is 6.86. The lowest BCUT2D eigenvalue weighted by Gasteiger charge is -2.27. The molecule has 0 aliphatic heterocycles. The van der Waals surface area contributed by atoms with Crippen molar-refractivity contribution in [2.24, 2.45) is 5.92 Å². The number of benzene rings is 1. The maximum atomic E-state index is 12.1. The largest absolute Gasteiger partial charge is 0.299 e. The Morgan fingerprint density at radius 1 is 1.12 bits per heavy atom. The normalized spacial score (nSPS) is 24.9. The van der Waals surface area contributed by atoms with Crippen LogP contribution >= 0.6 is 0 Å². The summed E-state index contributed by atoms with van der Waals surface area (Å²) in [7, 11) is 0. The van der Waals surface area contributed by atoms with Crippen LogP contribution in [-0.2, 0) is 11.2 Å². The van der Waals surface area contributed by atoms with Crippen LogP contribution in [0, 0.1) is 5.92 Å². The summed E-state index contributed by atoms with van der Waals surface area (Å²) in [6.45, 7) is 4.35. The van der Waals surface area contributed by atoms with Crippen LogP contribution in [0.1, 0.15) is 56.6 Å². The molecule has 1 aromatic carbocycles.